The molecule has 1 saturated heterocycles. The van der Waals surface area contributed by atoms with Gasteiger partial charge in [-0.15, -0.1) is 0 Å². The van der Waals surface area contributed by atoms with Gasteiger partial charge in [0.2, 0.25) is 5.91 Å². The summed E-state index contributed by atoms with van der Waals surface area (Å²) in [6.07, 6.45) is 2.79. The second-order valence-corrected chi connectivity index (χ2v) is 8.16. The molecule has 0 radical (unpaired) electrons. The largest absolute Gasteiger partial charge is 0.335 e. The Morgan fingerprint density at radius 2 is 1.78 bits per heavy atom. The molecule has 3 nitrogen and oxygen atoms in total. The van der Waals surface area contributed by atoms with Crippen LogP contribution < -0.4 is 0 Å². The van der Waals surface area contributed by atoms with Crippen LogP contribution in [0, 0.1) is 12.8 Å². The van der Waals surface area contributed by atoms with Gasteiger partial charge in [-0.05, 0) is 50.9 Å². The summed E-state index contributed by atoms with van der Waals surface area (Å²) in [6.45, 7) is 5.25. The first-order chi connectivity index (χ1) is 13.0. The predicted octanol–water partition coefficient (Wildman–Crippen LogP) is 4.99. The monoisotopic (exact) mass is 364 g/mol. The molecule has 0 spiro atoms. The average Bonchev–Trinajstić information content (AvgIpc) is 2.67. The summed E-state index contributed by atoms with van der Waals surface area (Å²) in [6, 6.07) is 19.4. The van der Waals surface area contributed by atoms with E-state index in [0.717, 1.165) is 13.0 Å². The highest BCUT2D eigenvalue weighted by molar-refractivity contribution is 5.78. The fraction of sp³-hybridized carbons (Fsp3) is 0.458. The molecule has 3 heteroatoms. The zero-order valence-electron chi connectivity index (χ0n) is 17.1. The van der Waals surface area contributed by atoms with E-state index < -0.39 is 0 Å². The van der Waals surface area contributed by atoms with E-state index in [9.17, 15) is 4.79 Å². The second kappa shape index (κ2) is 8.71. The van der Waals surface area contributed by atoms with E-state index in [1.54, 1.807) is 0 Å². The average molecular weight is 365 g/mol. The number of amides is 1. The molecule has 27 heavy (non-hydrogen) atoms. The molecule has 2 aromatic carbocycles. The van der Waals surface area contributed by atoms with Gasteiger partial charge in [0.15, 0.2) is 0 Å². The summed E-state index contributed by atoms with van der Waals surface area (Å²) in [5, 5.41) is 0. The number of benzene rings is 2. The molecule has 2 aromatic rings. The Bertz CT molecular complexity index is 739. The third-order valence-electron chi connectivity index (χ3n) is 5.85. The van der Waals surface area contributed by atoms with Crippen LogP contribution in [0.15, 0.2) is 54.6 Å². The summed E-state index contributed by atoms with van der Waals surface area (Å²) in [5.74, 6) is 0.745. The van der Waals surface area contributed by atoms with Crippen LogP contribution >= 0.6 is 0 Å². The van der Waals surface area contributed by atoms with Gasteiger partial charge in [0.1, 0.15) is 0 Å². The van der Waals surface area contributed by atoms with Crippen LogP contribution in [0.3, 0.4) is 0 Å². The van der Waals surface area contributed by atoms with E-state index in [1.165, 1.54) is 23.1 Å². The predicted molar refractivity (Wildman–Crippen MR) is 112 cm³/mol. The molecule has 3 rings (SSSR count). The number of hydrogen-bond donors (Lipinski definition) is 0. The first kappa shape index (κ1) is 19.6. The molecule has 1 aliphatic heterocycles. The lowest BCUT2D eigenvalue weighted by Crippen LogP contribution is -2.43. The third-order valence-corrected chi connectivity index (χ3v) is 5.85. The Kier molecular flexibility index (Phi) is 6.33. The van der Waals surface area contributed by atoms with Gasteiger partial charge in [0, 0.05) is 19.0 Å². The Morgan fingerprint density at radius 3 is 2.41 bits per heavy atom. The SMILES string of the molecule is Cc1ccc(C2C(C)CCCN2C(=O)CC(c2ccccc2)N(C)C)cc1. The summed E-state index contributed by atoms with van der Waals surface area (Å²) < 4.78 is 0. The van der Waals surface area contributed by atoms with Crippen LogP contribution in [-0.2, 0) is 4.79 Å². The quantitative estimate of drug-likeness (QED) is 0.746. The van der Waals surface area contributed by atoms with Crippen LogP contribution in [0.4, 0.5) is 0 Å². The van der Waals surface area contributed by atoms with E-state index >= 15 is 0 Å². The van der Waals surface area contributed by atoms with Crippen LogP contribution in [0.2, 0.25) is 0 Å². The minimum atomic E-state index is 0.106. The number of hydrogen-bond acceptors (Lipinski definition) is 2. The van der Waals surface area contributed by atoms with E-state index in [0.29, 0.717) is 12.3 Å². The first-order valence-corrected chi connectivity index (χ1v) is 10.0. The highest BCUT2D eigenvalue weighted by Gasteiger charge is 2.34. The van der Waals surface area contributed by atoms with Crippen molar-refractivity contribution >= 4 is 5.91 Å². The Balaban J connectivity index is 1.83. The molecule has 3 atom stereocenters. The second-order valence-electron chi connectivity index (χ2n) is 8.16. The molecule has 144 valence electrons. The standard InChI is InChI=1S/C24H32N2O/c1-18-12-14-21(15-13-18)24-19(2)9-8-16-26(24)23(27)17-22(25(3)4)20-10-6-5-7-11-20/h5-7,10-15,19,22,24H,8-9,16-17H2,1-4H3. The van der Waals surface area contributed by atoms with Crippen molar-refractivity contribution in [1.82, 2.24) is 9.80 Å². The Morgan fingerprint density at radius 1 is 1.11 bits per heavy atom. The summed E-state index contributed by atoms with van der Waals surface area (Å²) in [7, 11) is 4.11. The lowest BCUT2D eigenvalue weighted by molar-refractivity contribution is -0.137. The number of rotatable bonds is 5. The first-order valence-electron chi connectivity index (χ1n) is 10.0. The molecule has 1 amide bonds. The minimum absolute atomic E-state index is 0.106. The van der Waals surface area contributed by atoms with Gasteiger partial charge in [0.05, 0.1) is 6.04 Å². The molecular weight excluding hydrogens is 332 g/mol. The maximum absolute atomic E-state index is 13.4. The molecule has 0 aromatic heterocycles. The summed E-state index contributed by atoms with van der Waals surface area (Å²) in [5.41, 5.74) is 3.73. The van der Waals surface area contributed by atoms with Crippen molar-refractivity contribution in [3.05, 3.63) is 71.3 Å². The van der Waals surface area contributed by atoms with Gasteiger partial charge in [-0.1, -0.05) is 67.1 Å². The fourth-order valence-electron chi connectivity index (χ4n) is 4.30. The number of piperidine rings is 1. The molecule has 1 heterocycles. The zero-order chi connectivity index (χ0) is 19.4. The topological polar surface area (TPSA) is 23.6 Å². The molecule has 0 aliphatic carbocycles. The van der Waals surface area contributed by atoms with Gasteiger partial charge in [0.25, 0.3) is 0 Å². The van der Waals surface area contributed by atoms with Gasteiger partial charge < -0.3 is 9.80 Å². The number of aryl methyl sites for hydroxylation is 1. The Hall–Kier alpha value is -2.13. The minimum Gasteiger partial charge on any atom is -0.335 e. The molecule has 1 aliphatic rings. The van der Waals surface area contributed by atoms with Crippen LogP contribution in [-0.4, -0.2) is 36.3 Å². The van der Waals surface area contributed by atoms with Crippen molar-refractivity contribution in [1.29, 1.82) is 0 Å². The number of nitrogens with zero attached hydrogens (tertiary/aromatic N) is 2. The van der Waals surface area contributed by atoms with Crippen LogP contribution in [0.1, 0.15) is 55.0 Å². The van der Waals surface area contributed by atoms with Crippen molar-refractivity contribution in [3.63, 3.8) is 0 Å². The van der Waals surface area contributed by atoms with Crippen molar-refractivity contribution < 1.29 is 4.79 Å². The highest BCUT2D eigenvalue weighted by Crippen LogP contribution is 2.37. The van der Waals surface area contributed by atoms with E-state index in [1.807, 2.05) is 18.2 Å². The van der Waals surface area contributed by atoms with Gasteiger partial charge in [-0.3, -0.25) is 4.79 Å². The highest BCUT2D eigenvalue weighted by atomic mass is 16.2. The van der Waals surface area contributed by atoms with E-state index in [2.05, 4.69) is 74.1 Å². The van der Waals surface area contributed by atoms with E-state index in [-0.39, 0.29) is 18.0 Å². The van der Waals surface area contributed by atoms with Crippen molar-refractivity contribution in [2.75, 3.05) is 20.6 Å². The fourth-order valence-corrected chi connectivity index (χ4v) is 4.30. The van der Waals surface area contributed by atoms with E-state index in [4.69, 9.17) is 0 Å². The van der Waals surface area contributed by atoms with Crippen molar-refractivity contribution in [3.8, 4) is 0 Å². The summed E-state index contributed by atoms with van der Waals surface area (Å²) >= 11 is 0. The Labute approximate surface area is 164 Å². The number of likely N-dealkylation sites (tertiary alicyclic amines) is 1. The van der Waals surface area contributed by atoms with Gasteiger partial charge in [-0.25, -0.2) is 0 Å². The van der Waals surface area contributed by atoms with Gasteiger partial charge >= 0.3 is 0 Å². The molecule has 1 fully saturated rings. The maximum atomic E-state index is 13.4. The summed E-state index contributed by atoms with van der Waals surface area (Å²) in [4.78, 5) is 17.7. The molecule has 0 N–H and O–H groups in total. The molecule has 0 saturated carbocycles. The normalized spacial score (nSPS) is 21.3. The number of carbonyl (C=O) groups excluding carboxylic acids is 1. The number of carbonyl (C=O) groups is 1. The van der Waals surface area contributed by atoms with Crippen molar-refractivity contribution in [2.45, 2.75) is 45.2 Å². The lowest BCUT2D eigenvalue weighted by atomic mass is 9.85. The zero-order valence-corrected chi connectivity index (χ0v) is 17.1. The van der Waals surface area contributed by atoms with Crippen molar-refractivity contribution in [2.24, 2.45) is 5.92 Å². The lowest BCUT2D eigenvalue weighted by Gasteiger charge is -2.41. The third kappa shape index (κ3) is 4.59. The van der Waals surface area contributed by atoms with Crippen LogP contribution in [0.25, 0.3) is 0 Å². The smallest absolute Gasteiger partial charge is 0.225 e. The molecular formula is C24H32N2O. The molecule has 3 unspecified atom stereocenters. The van der Waals surface area contributed by atoms with Crippen LogP contribution in [0.5, 0.6) is 0 Å². The van der Waals surface area contributed by atoms with Gasteiger partial charge in [-0.2, -0.15) is 0 Å². The maximum Gasteiger partial charge on any atom is 0.225 e. The molecule has 0 bridgehead atoms.